The Bertz CT molecular complexity index is 3700. The highest BCUT2D eigenvalue weighted by molar-refractivity contribution is 7.11. The highest BCUT2D eigenvalue weighted by atomic mass is 15.6. The molecule has 0 aliphatic carbocycles. The predicted molar refractivity (Wildman–Crippen MR) is 327 cm³/mol. The van der Waals surface area contributed by atoms with E-state index in [9.17, 15) is 0 Å². The van der Waals surface area contributed by atoms with E-state index in [0.717, 1.165) is 102 Å². The standard InChI is InChI=1S/C65H44B3N13/c1-7-24-45(25-8-1)51-42-52(46-26-9-2-10-27-46)71-63(70-51)76-57-36-19-21-38-59(57)80-66(76)79-60-39-22-20-37-58(60)77(64-72-53(47-28-11-3-12-29-47)43-54(73-64)48-30-13-4-14-31-48)67(79)81-62-61(40-23-41-69-62)78(68(80)81)65-74-55(49-32-15-5-16-33-49)44-56(75-65)50-34-17-6-18-35-50/h1-44H. The van der Waals surface area contributed by atoms with Crippen molar-refractivity contribution in [2.24, 2.45) is 0 Å². The fourth-order valence-electron chi connectivity index (χ4n) is 11.9. The second-order valence-electron chi connectivity index (χ2n) is 20.2. The van der Waals surface area contributed by atoms with E-state index in [4.69, 9.17) is 34.9 Å². The summed E-state index contributed by atoms with van der Waals surface area (Å²) < 4.78 is 7.32. The molecule has 16 rings (SSSR count). The van der Waals surface area contributed by atoms with Crippen LogP contribution in [0.15, 0.2) is 267 Å². The Morgan fingerprint density at radius 1 is 0.235 bits per heavy atom. The summed E-state index contributed by atoms with van der Waals surface area (Å²) in [4.78, 5) is 45.7. The van der Waals surface area contributed by atoms with Crippen LogP contribution in [0, 0.1) is 0 Å². The third-order valence-corrected chi connectivity index (χ3v) is 15.5. The van der Waals surface area contributed by atoms with E-state index in [1.807, 2.05) is 48.7 Å². The maximum absolute atomic E-state index is 5.59. The molecule has 0 unspecified atom stereocenters. The first-order valence-electron chi connectivity index (χ1n) is 27.1. The highest BCUT2D eigenvalue weighted by Gasteiger charge is 2.71. The predicted octanol–water partition coefficient (Wildman–Crippen LogP) is 13.7. The lowest BCUT2D eigenvalue weighted by molar-refractivity contribution is 1.10. The summed E-state index contributed by atoms with van der Waals surface area (Å²) in [5.41, 5.74) is 15.2. The number of para-hydroxylation sites is 4. The SMILES string of the molecule is c1ccc(-c2cc(-c3ccccc3)nc(N3B4N(B5N(B6N4c4ccccc4N6c4nc(-c6ccccc6)cc(-c6ccccc6)n4)c4ncccc4N5c4nc(-c5ccccc5)cc(-c5ccccc5)n4)c4ccccc43)n2)cc1. The number of rotatable bonds is 9. The zero-order valence-electron chi connectivity index (χ0n) is 43.4. The van der Waals surface area contributed by atoms with Crippen molar-refractivity contribution < 1.29 is 0 Å². The van der Waals surface area contributed by atoms with Crippen LogP contribution < -0.4 is 28.6 Å². The van der Waals surface area contributed by atoms with Gasteiger partial charge in [-0.15, -0.1) is 0 Å². The van der Waals surface area contributed by atoms with E-state index in [1.54, 1.807) is 0 Å². The van der Waals surface area contributed by atoms with Gasteiger partial charge < -0.3 is 28.6 Å². The summed E-state index contributed by atoms with van der Waals surface area (Å²) in [5, 5.41) is 0. The molecule has 12 aromatic rings. The Morgan fingerprint density at radius 2 is 0.481 bits per heavy atom. The number of pyridine rings is 1. The molecule has 1 fully saturated rings. The molecular weight excluding hydrogens is 995 g/mol. The molecule has 81 heavy (non-hydrogen) atoms. The minimum atomic E-state index is -0.671. The average Bonchev–Trinajstić information content (AvgIpc) is 4.39. The molecule has 0 radical (unpaired) electrons. The zero-order chi connectivity index (χ0) is 53.4. The van der Waals surface area contributed by atoms with Gasteiger partial charge >= 0.3 is 21.4 Å². The Balaban J connectivity index is 0.985. The van der Waals surface area contributed by atoms with E-state index in [1.165, 1.54) is 0 Å². The van der Waals surface area contributed by atoms with Crippen LogP contribution in [-0.4, -0.2) is 56.2 Å². The van der Waals surface area contributed by atoms with Crippen LogP contribution in [0.1, 0.15) is 0 Å². The molecule has 0 spiro atoms. The molecule has 8 heterocycles. The third kappa shape index (κ3) is 7.63. The quantitative estimate of drug-likeness (QED) is 0.128. The molecule has 16 heteroatoms. The van der Waals surface area contributed by atoms with Crippen LogP contribution in [0.2, 0.25) is 0 Å². The number of anilines is 9. The van der Waals surface area contributed by atoms with E-state index in [-0.39, 0.29) is 0 Å². The molecular formula is C65H44B3N13. The second kappa shape index (κ2) is 19.0. The van der Waals surface area contributed by atoms with Gasteiger partial charge in [0.15, 0.2) is 0 Å². The first-order valence-corrected chi connectivity index (χ1v) is 27.1. The first kappa shape index (κ1) is 46.3. The fourth-order valence-corrected chi connectivity index (χ4v) is 11.9. The summed E-state index contributed by atoms with van der Waals surface area (Å²) in [5.74, 6) is 2.28. The Kier molecular flexibility index (Phi) is 10.8. The molecule has 8 aromatic carbocycles. The molecule has 0 atom stereocenters. The van der Waals surface area contributed by atoms with E-state index < -0.39 is 21.4 Å². The zero-order valence-corrected chi connectivity index (χ0v) is 43.4. The summed E-state index contributed by atoms with van der Waals surface area (Å²) in [7, 11) is -1.98. The highest BCUT2D eigenvalue weighted by Crippen LogP contribution is 2.57. The minimum Gasteiger partial charge on any atom is -0.382 e. The van der Waals surface area contributed by atoms with Crippen LogP contribution >= 0.6 is 0 Å². The van der Waals surface area contributed by atoms with Crippen LogP contribution in [-0.2, 0) is 0 Å². The van der Waals surface area contributed by atoms with Gasteiger partial charge in [0.25, 0.3) is 0 Å². The normalized spacial score (nSPS) is 13.7. The van der Waals surface area contributed by atoms with Crippen molar-refractivity contribution in [2.75, 3.05) is 28.6 Å². The molecule has 0 N–H and O–H groups in total. The number of aromatic nitrogens is 7. The Morgan fingerprint density at radius 3 is 0.790 bits per heavy atom. The van der Waals surface area contributed by atoms with Gasteiger partial charge in [0.2, 0.25) is 17.8 Å². The summed E-state index contributed by atoms with van der Waals surface area (Å²) in [6.07, 6.45) is 1.87. The van der Waals surface area contributed by atoms with Crippen molar-refractivity contribution in [2.45, 2.75) is 0 Å². The van der Waals surface area contributed by atoms with Gasteiger partial charge in [0.1, 0.15) is 5.82 Å². The van der Waals surface area contributed by atoms with Crippen molar-refractivity contribution in [3.63, 3.8) is 0 Å². The van der Waals surface area contributed by atoms with E-state index in [2.05, 4.69) is 247 Å². The van der Waals surface area contributed by atoms with Gasteiger partial charge in [-0.25, -0.2) is 34.9 Å². The van der Waals surface area contributed by atoms with Crippen molar-refractivity contribution in [1.29, 1.82) is 0 Å². The molecule has 4 aliphatic heterocycles. The van der Waals surface area contributed by atoms with Crippen LogP contribution in [0.3, 0.4) is 0 Å². The molecule has 13 nitrogen and oxygen atoms in total. The molecule has 4 aliphatic rings. The molecule has 0 bridgehead atoms. The van der Waals surface area contributed by atoms with Crippen molar-refractivity contribution >= 4 is 73.5 Å². The molecule has 1 saturated heterocycles. The molecule has 0 saturated carbocycles. The van der Waals surface area contributed by atoms with Crippen LogP contribution in [0.4, 0.5) is 52.1 Å². The lowest BCUT2D eigenvalue weighted by atomic mass is 9.56. The number of nitrogens with zero attached hydrogens (tertiary/aromatic N) is 13. The monoisotopic (exact) mass is 1040 g/mol. The van der Waals surface area contributed by atoms with Gasteiger partial charge in [-0.3, -0.25) is 0 Å². The molecule has 378 valence electrons. The topological polar surface area (TPSA) is 110 Å². The number of hydrogen-bond donors (Lipinski definition) is 0. The largest absolute Gasteiger partial charge is 0.493 e. The van der Waals surface area contributed by atoms with Gasteiger partial charge in [-0.1, -0.05) is 206 Å². The van der Waals surface area contributed by atoms with Gasteiger partial charge in [-0.2, -0.15) is 0 Å². The molecule has 4 aromatic heterocycles. The number of fused-ring (bicyclic) bond motifs is 12. The smallest absolute Gasteiger partial charge is 0.382 e. The van der Waals surface area contributed by atoms with Crippen molar-refractivity contribution in [3.05, 3.63) is 267 Å². The van der Waals surface area contributed by atoms with Crippen molar-refractivity contribution in [3.8, 4) is 67.5 Å². The van der Waals surface area contributed by atoms with E-state index in [0.29, 0.717) is 17.8 Å². The Hall–Kier alpha value is -10.9. The van der Waals surface area contributed by atoms with Gasteiger partial charge in [0.05, 0.1) is 51.2 Å². The van der Waals surface area contributed by atoms with Crippen LogP contribution in [0.25, 0.3) is 67.5 Å². The summed E-state index contributed by atoms with van der Waals surface area (Å²) in [6.45, 7) is 0. The maximum Gasteiger partial charge on any atom is 0.493 e. The fraction of sp³-hybridized carbons (Fsp3) is 0. The van der Waals surface area contributed by atoms with Gasteiger partial charge in [0, 0.05) is 51.0 Å². The van der Waals surface area contributed by atoms with Crippen molar-refractivity contribution in [1.82, 2.24) is 34.9 Å². The summed E-state index contributed by atoms with van der Waals surface area (Å²) >= 11 is 0. The number of benzene rings is 8. The molecule has 0 amide bonds. The lowest BCUT2D eigenvalue weighted by Gasteiger charge is -2.50. The summed E-state index contributed by atoms with van der Waals surface area (Å²) in [6, 6.07) is 89.6. The van der Waals surface area contributed by atoms with Gasteiger partial charge in [-0.05, 0) is 54.6 Å². The number of hydrogen-bond acceptors (Lipinski definition) is 13. The first-order chi connectivity index (χ1) is 40.2. The average molecular weight is 1040 g/mol. The Labute approximate surface area is 469 Å². The van der Waals surface area contributed by atoms with Crippen LogP contribution in [0.5, 0.6) is 0 Å². The minimum absolute atomic E-state index is 0.504. The third-order valence-electron chi connectivity index (χ3n) is 15.5. The second-order valence-corrected chi connectivity index (χ2v) is 20.2. The maximum atomic E-state index is 5.59. The van der Waals surface area contributed by atoms with E-state index >= 15 is 0 Å². The lowest BCUT2D eigenvalue weighted by Crippen LogP contribution is -2.84.